The lowest BCUT2D eigenvalue weighted by molar-refractivity contribution is 0.250. The topological polar surface area (TPSA) is 61.8 Å². The van der Waals surface area contributed by atoms with Crippen LogP contribution in [-0.4, -0.2) is 52.2 Å². The highest BCUT2D eigenvalue weighted by molar-refractivity contribution is 7.90. The van der Waals surface area contributed by atoms with Gasteiger partial charge in [-0.25, -0.2) is 8.42 Å². The van der Waals surface area contributed by atoms with E-state index in [4.69, 9.17) is 4.99 Å². The first-order valence-corrected chi connectivity index (χ1v) is 12.0. The molecular formula is C21H35N3O2S. The van der Waals surface area contributed by atoms with Gasteiger partial charge in [0.2, 0.25) is 0 Å². The zero-order valence-corrected chi connectivity index (χ0v) is 18.1. The minimum absolute atomic E-state index is 0.365. The molecule has 0 amide bonds. The number of aliphatic imine (C=N–C) groups is 1. The summed E-state index contributed by atoms with van der Waals surface area (Å²) in [5, 5.41) is 3.39. The van der Waals surface area contributed by atoms with E-state index >= 15 is 0 Å². The molecule has 1 aliphatic carbocycles. The van der Waals surface area contributed by atoms with E-state index in [2.05, 4.69) is 31.1 Å². The lowest BCUT2D eigenvalue weighted by Gasteiger charge is -2.31. The van der Waals surface area contributed by atoms with Crippen molar-refractivity contribution in [2.45, 2.75) is 50.8 Å². The molecule has 0 spiro atoms. The average Bonchev–Trinajstić information content (AvgIpc) is 2.62. The molecule has 6 heteroatoms. The molecule has 0 bridgehead atoms. The lowest BCUT2D eigenvalue weighted by atomic mass is 9.83. The molecule has 0 aromatic heterocycles. The Labute approximate surface area is 165 Å². The molecule has 2 rings (SSSR count). The fraction of sp³-hybridized carbons (Fsp3) is 0.667. The van der Waals surface area contributed by atoms with Crippen LogP contribution in [0.3, 0.4) is 0 Å². The SMILES string of the molecule is CCNC(=NCCc1ccc(S(C)(=O)=O)cc1)N(C)CC1CCC(C)CC1. The largest absolute Gasteiger partial charge is 0.357 e. The zero-order valence-electron chi connectivity index (χ0n) is 17.2. The lowest BCUT2D eigenvalue weighted by Crippen LogP contribution is -2.42. The third kappa shape index (κ3) is 7.17. The summed E-state index contributed by atoms with van der Waals surface area (Å²) in [6.07, 6.45) is 7.35. The third-order valence-electron chi connectivity index (χ3n) is 5.38. The average molecular weight is 394 g/mol. The molecule has 0 heterocycles. The van der Waals surface area contributed by atoms with Crippen LogP contribution in [0, 0.1) is 11.8 Å². The maximum Gasteiger partial charge on any atom is 0.193 e. The van der Waals surface area contributed by atoms with E-state index in [9.17, 15) is 8.42 Å². The maximum atomic E-state index is 11.5. The Morgan fingerprint density at radius 1 is 1.19 bits per heavy atom. The van der Waals surface area contributed by atoms with Crippen LogP contribution < -0.4 is 5.32 Å². The van der Waals surface area contributed by atoms with Gasteiger partial charge in [0.05, 0.1) is 4.90 Å². The first-order valence-electron chi connectivity index (χ1n) is 10.1. The minimum atomic E-state index is -3.13. The van der Waals surface area contributed by atoms with Gasteiger partial charge in [-0.15, -0.1) is 0 Å². The number of nitrogens with one attached hydrogen (secondary N) is 1. The van der Waals surface area contributed by atoms with E-state index < -0.39 is 9.84 Å². The molecule has 1 fully saturated rings. The predicted molar refractivity (Wildman–Crippen MR) is 113 cm³/mol. The molecule has 1 N–H and O–H groups in total. The molecule has 0 aliphatic heterocycles. The van der Waals surface area contributed by atoms with Crippen molar-refractivity contribution in [2.24, 2.45) is 16.8 Å². The first-order chi connectivity index (χ1) is 12.8. The Balaban J connectivity index is 1.90. The van der Waals surface area contributed by atoms with Gasteiger partial charge in [-0.2, -0.15) is 0 Å². The van der Waals surface area contributed by atoms with Gasteiger partial charge in [-0.3, -0.25) is 4.99 Å². The summed E-state index contributed by atoms with van der Waals surface area (Å²) in [6.45, 7) is 7.05. The Morgan fingerprint density at radius 2 is 1.81 bits per heavy atom. The molecule has 5 nitrogen and oxygen atoms in total. The fourth-order valence-electron chi connectivity index (χ4n) is 3.65. The predicted octanol–water partition coefficient (Wildman–Crippen LogP) is 3.36. The second-order valence-electron chi connectivity index (χ2n) is 7.91. The summed E-state index contributed by atoms with van der Waals surface area (Å²) in [5.74, 6) is 2.60. The van der Waals surface area contributed by atoms with E-state index in [1.165, 1.54) is 31.9 Å². The van der Waals surface area contributed by atoms with Crippen molar-refractivity contribution in [1.82, 2.24) is 10.2 Å². The quantitative estimate of drug-likeness (QED) is 0.570. The smallest absolute Gasteiger partial charge is 0.193 e. The fourth-order valence-corrected chi connectivity index (χ4v) is 4.28. The number of sulfone groups is 1. The van der Waals surface area contributed by atoms with Crippen LogP contribution in [0.1, 0.15) is 45.1 Å². The second-order valence-corrected chi connectivity index (χ2v) is 9.92. The molecule has 1 aromatic rings. The van der Waals surface area contributed by atoms with Gasteiger partial charge in [0.1, 0.15) is 0 Å². The van der Waals surface area contributed by atoms with Crippen LogP contribution in [0.15, 0.2) is 34.2 Å². The van der Waals surface area contributed by atoms with E-state index in [1.54, 1.807) is 12.1 Å². The van der Waals surface area contributed by atoms with Gasteiger partial charge >= 0.3 is 0 Å². The highest BCUT2D eigenvalue weighted by Gasteiger charge is 2.20. The van der Waals surface area contributed by atoms with Crippen molar-refractivity contribution in [1.29, 1.82) is 0 Å². The molecule has 152 valence electrons. The summed E-state index contributed by atoms with van der Waals surface area (Å²) in [6, 6.07) is 7.11. The van der Waals surface area contributed by atoms with Gasteiger partial charge < -0.3 is 10.2 Å². The summed E-state index contributed by atoms with van der Waals surface area (Å²) >= 11 is 0. The number of nitrogens with zero attached hydrogens (tertiary/aromatic N) is 2. The number of rotatable bonds is 7. The highest BCUT2D eigenvalue weighted by atomic mass is 32.2. The Morgan fingerprint density at radius 3 is 2.37 bits per heavy atom. The Bertz CT molecular complexity index is 705. The Hall–Kier alpha value is -1.56. The normalized spacial score (nSPS) is 21.1. The molecule has 27 heavy (non-hydrogen) atoms. The van der Waals surface area contributed by atoms with E-state index in [-0.39, 0.29) is 0 Å². The Kier molecular flexibility index (Phi) is 8.14. The van der Waals surface area contributed by atoms with Crippen molar-refractivity contribution >= 4 is 15.8 Å². The molecule has 0 radical (unpaired) electrons. The summed E-state index contributed by atoms with van der Waals surface area (Å²) in [5.41, 5.74) is 1.10. The number of guanidine groups is 1. The van der Waals surface area contributed by atoms with Gasteiger partial charge in [0, 0.05) is 32.9 Å². The molecule has 1 aromatic carbocycles. The van der Waals surface area contributed by atoms with Crippen LogP contribution in [0.5, 0.6) is 0 Å². The molecule has 1 saturated carbocycles. The van der Waals surface area contributed by atoms with Gasteiger partial charge in [0.25, 0.3) is 0 Å². The highest BCUT2D eigenvalue weighted by Crippen LogP contribution is 2.28. The van der Waals surface area contributed by atoms with Crippen molar-refractivity contribution in [3.63, 3.8) is 0 Å². The number of benzene rings is 1. The van der Waals surface area contributed by atoms with Crippen molar-refractivity contribution in [3.05, 3.63) is 29.8 Å². The molecule has 1 aliphatic rings. The summed E-state index contributed by atoms with van der Waals surface area (Å²) < 4.78 is 23.1. The van der Waals surface area contributed by atoms with Crippen LogP contribution in [-0.2, 0) is 16.3 Å². The summed E-state index contributed by atoms with van der Waals surface area (Å²) in [7, 11) is -1.01. The summed E-state index contributed by atoms with van der Waals surface area (Å²) in [4.78, 5) is 7.40. The standard InChI is InChI=1S/C21H35N3O2S/c1-5-22-21(24(3)16-19-8-6-17(2)7-9-19)23-15-14-18-10-12-20(13-11-18)27(4,25)26/h10-13,17,19H,5-9,14-16H2,1-4H3,(H,22,23). The van der Waals surface area contributed by atoms with Crippen molar-refractivity contribution < 1.29 is 8.42 Å². The van der Waals surface area contributed by atoms with E-state index in [1.807, 2.05) is 12.1 Å². The third-order valence-corrected chi connectivity index (χ3v) is 6.51. The maximum absolute atomic E-state index is 11.5. The number of hydrogen-bond acceptors (Lipinski definition) is 3. The van der Waals surface area contributed by atoms with Gasteiger partial charge in [0.15, 0.2) is 15.8 Å². The first kappa shape index (κ1) is 21.7. The van der Waals surface area contributed by atoms with Crippen LogP contribution in [0.4, 0.5) is 0 Å². The molecule has 0 atom stereocenters. The van der Waals surface area contributed by atoms with Crippen LogP contribution >= 0.6 is 0 Å². The second kappa shape index (κ2) is 10.1. The monoisotopic (exact) mass is 393 g/mol. The molecular weight excluding hydrogens is 358 g/mol. The van der Waals surface area contributed by atoms with Crippen molar-refractivity contribution in [3.8, 4) is 0 Å². The number of hydrogen-bond donors (Lipinski definition) is 1. The van der Waals surface area contributed by atoms with Crippen LogP contribution in [0.2, 0.25) is 0 Å². The van der Waals surface area contributed by atoms with E-state index in [0.717, 1.165) is 42.9 Å². The van der Waals surface area contributed by atoms with Crippen molar-refractivity contribution in [2.75, 3.05) is 32.9 Å². The molecule has 0 saturated heterocycles. The van der Waals surface area contributed by atoms with E-state index in [0.29, 0.717) is 11.4 Å². The zero-order chi connectivity index (χ0) is 19.9. The molecule has 0 unspecified atom stereocenters. The van der Waals surface area contributed by atoms with Gasteiger partial charge in [-0.1, -0.05) is 31.9 Å². The minimum Gasteiger partial charge on any atom is -0.357 e. The van der Waals surface area contributed by atoms with Gasteiger partial charge in [-0.05, 0) is 55.7 Å². The van der Waals surface area contributed by atoms with Crippen LogP contribution in [0.25, 0.3) is 0 Å².